The van der Waals surface area contributed by atoms with Crippen LogP contribution in [-0.4, -0.2) is 11.5 Å². The van der Waals surface area contributed by atoms with Crippen molar-refractivity contribution in [2.24, 2.45) is 0 Å². The molecule has 1 N–H and O–H groups in total. The summed E-state index contributed by atoms with van der Waals surface area (Å²) in [6.45, 7) is 1.12. The summed E-state index contributed by atoms with van der Waals surface area (Å²) in [6.07, 6.45) is 11.0. The van der Waals surface area contributed by atoms with Crippen LogP contribution in [0, 0.1) is 0 Å². The molecular formula is C12H16N2. The number of nitrogens with one attached hydrogen (secondary N) is 1. The quantitative estimate of drug-likeness (QED) is 0.732. The molecule has 0 saturated carbocycles. The predicted molar refractivity (Wildman–Crippen MR) is 58.7 cm³/mol. The standard InChI is InChI=1S/C12H16N2/c1-2-4-12(14-7-3-1)10-11-5-8-13-9-6-11/h5-6,8-10,14H,1-4,7H2. The molecule has 1 aliphatic heterocycles. The Kier molecular flexibility index (Phi) is 3.17. The van der Waals surface area contributed by atoms with Crippen molar-refractivity contribution in [2.45, 2.75) is 25.7 Å². The van der Waals surface area contributed by atoms with Gasteiger partial charge in [0.2, 0.25) is 0 Å². The van der Waals surface area contributed by atoms with Crippen LogP contribution in [0.5, 0.6) is 0 Å². The zero-order chi connectivity index (χ0) is 9.64. The van der Waals surface area contributed by atoms with Gasteiger partial charge in [0.05, 0.1) is 0 Å². The average Bonchev–Trinajstić information content (AvgIpc) is 2.48. The van der Waals surface area contributed by atoms with E-state index in [2.05, 4.69) is 16.4 Å². The minimum absolute atomic E-state index is 1.12. The number of rotatable bonds is 1. The minimum Gasteiger partial charge on any atom is -0.388 e. The molecule has 2 heterocycles. The van der Waals surface area contributed by atoms with Crippen LogP contribution in [0.15, 0.2) is 30.2 Å². The summed E-state index contributed by atoms with van der Waals surface area (Å²) < 4.78 is 0. The van der Waals surface area contributed by atoms with Crippen molar-refractivity contribution in [1.29, 1.82) is 0 Å². The van der Waals surface area contributed by atoms with E-state index in [1.54, 1.807) is 0 Å². The summed E-state index contributed by atoms with van der Waals surface area (Å²) in [4.78, 5) is 4.01. The molecule has 0 aromatic carbocycles. The minimum atomic E-state index is 1.12. The molecule has 1 aromatic rings. The fraction of sp³-hybridized carbons (Fsp3) is 0.417. The number of nitrogens with zero attached hydrogens (tertiary/aromatic N) is 1. The maximum atomic E-state index is 4.01. The summed E-state index contributed by atoms with van der Waals surface area (Å²) >= 11 is 0. The molecule has 14 heavy (non-hydrogen) atoms. The molecule has 0 aliphatic carbocycles. The van der Waals surface area contributed by atoms with Gasteiger partial charge in [-0.3, -0.25) is 4.98 Å². The first-order valence-corrected chi connectivity index (χ1v) is 5.29. The van der Waals surface area contributed by atoms with Crippen molar-refractivity contribution in [3.8, 4) is 0 Å². The third-order valence-electron chi connectivity index (χ3n) is 2.52. The highest BCUT2D eigenvalue weighted by atomic mass is 14.9. The highest BCUT2D eigenvalue weighted by Gasteiger charge is 2.02. The Morgan fingerprint density at radius 2 is 2.00 bits per heavy atom. The second-order valence-corrected chi connectivity index (χ2v) is 3.69. The lowest BCUT2D eigenvalue weighted by atomic mass is 10.1. The number of aromatic nitrogens is 1. The average molecular weight is 188 g/mol. The first-order valence-electron chi connectivity index (χ1n) is 5.29. The fourth-order valence-electron chi connectivity index (χ4n) is 1.74. The highest BCUT2D eigenvalue weighted by molar-refractivity contribution is 5.51. The molecule has 2 heteroatoms. The van der Waals surface area contributed by atoms with E-state index in [1.807, 2.05) is 24.5 Å². The Labute approximate surface area is 85.1 Å². The summed E-state index contributed by atoms with van der Waals surface area (Å²) in [5.41, 5.74) is 2.61. The van der Waals surface area contributed by atoms with Crippen LogP contribution in [-0.2, 0) is 0 Å². The highest BCUT2D eigenvalue weighted by Crippen LogP contribution is 2.14. The van der Waals surface area contributed by atoms with Crippen LogP contribution in [0.25, 0.3) is 6.08 Å². The van der Waals surface area contributed by atoms with Crippen molar-refractivity contribution in [2.75, 3.05) is 6.54 Å². The molecule has 1 fully saturated rings. The molecular weight excluding hydrogens is 172 g/mol. The summed E-state index contributed by atoms with van der Waals surface area (Å²) in [5, 5.41) is 3.47. The van der Waals surface area contributed by atoms with Gasteiger partial charge in [-0.05, 0) is 43.0 Å². The lowest BCUT2D eigenvalue weighted by Crippen LogP contribution is -2.11. The van der Waals surface area contributed by atoms with Crippen molar-refractivity contribution in [3.63, 3.8) is 0 Å². The molecule has 0 bridgehead atoms. The molecule has 1 aromatic heterocycles. The van der Waals surface area contributed by atoms with E-state index in [9.17, 15) is 0 Å². The Hall–Kier alpha value is -1.31. The van der Waals surface area contributed by atoms with Gasteiger partial charge < -0.3 is 5.32 Å². The third kappa shape index (κ3) is 2.59. The molecule has 0 unspecified atom stereocenters. The molecule has 2 rings (SSSR count). The lowest BCUT2D eigenvalue weighted by molar-refractivity contribution is 0.721. The molecule has 1 saturated heterocycles. The second-order valence-electron chi connectivity index (χ2n) is 3.69. The predicted octanol–water partition coefficient (Wildman–Crippen LogP) is 2.59. The molecule has 0 amide bonds. The van der Waals surface area contributed by atoms with Crippen molar-refractivity contribution >= 4 is 6.08 Å². The van der Waals surface area contributed by atoms with E-state index >= 15 is 0 Å². The van der Waals surface area contributed by atoms with Crippen molar-refractivity contribution < 1.29 is 0 Å². The monoisotopic (exact) mass is 188 g/mol. The maximum Gasteiger partial charge on any atom is 0.0273 e. The normalized spacial score (nSPS) is 20.1. The first kappa shape index (κ1) is 9.25. The number of hydrogen-bond acceptors (Lipinski definition) is 2. The first-order chi connectivity index (χ1) is 6.95. The third-order valence-corrected chi connectivity index (χ3v) is 2.52. The zero-order valence-electron chi connectivity index (χ0n) is 8.37. The Balaban J connectivity index is 2.09. The number of allylic oxidation sites excluding steroid dienone is 1. The van der Waals surface area contributed by atoms with Crippen molar-refractivity contribution in [3.05, 3.63) is 35.8 Å². The van der Waals surface area contributed by atoms with Gasteiger partial charge >= 0.3 is 0 Å². The van der Waals surface area contributed by atoms with Gasteiger partial charge in [0, 0.05) is 24.6 Å². The molecule has 0 radical (unpaired) electrons. The summed E-state index contributed by atoms with van der Waals surface area (Å²) in [5.74, 6) is 0. The number of hydrogen-bond donors (Lipinski definition) is 1. The zero-order valence-corrected chi connectivity index (χ0v) is 8.37. The topological polar surface area (TPSA) is 24.9 Å². The van der Waals surface area contributed by atoms with E-state index in [-0.39, 0.29) is 0 Å². The molecule has 0 spiro atoms. The van der Waals surface area contributed by atoms with Crippen LogP contribution in [0.1, 0.15) is 31.2 Å². The van der Waals surface area contributed by atoms with Gasteiger partial charge in [-0.2, -0.15) is 0 Å². The maximum absolute atomic E-state index is 4.01. The van der Waals surface area contributed by atoms with Crippen LogP contribution in [0.4, 0.5) is 0 Å². The summed E-state index contributed by atoms with van der Waals surface area (Å²) in [7, 11) is 0. The molecule has 2 nitrogen and oxygen atoms in total. The largest absolute Gasteiger partial charge is 0.388 e. The Morgan fingerprint density at radius 1 is 1.14 bits per heavy atom. The van der Waals surface area contributed by atoms with Gasteiger partial charge in [-0.25, -0.2) is 0 Å². The van der Waals surface area contributed by atoms with Crippen LogP contribution < -0.4 is 5.32 Å². The van der Waals surface area contributed by atoms with Crippen LogP contribution in [0.2, 0.25) is 0 Å². The van der Waals surface area contributed by atoms with E-state index < -0.39 is 0 Å². The fourth-order valence-corrected chi connectivity index (χ4v) is 1.74. The molecule has 1 aliphatic rings. The van der Waals surface area contributed by atoms with E-state index in [4.69, 9.17) is 0 Å². The van der Waals surface area contributed by atoms with E-state index in [0.29, 0.717) is 0 Å². The Morgan fingerprint density at radius 3 is 2.86 bits per heavy atom. The summed E-state index contributed by atoms with van der Waals surface area (Å²) in [6, 6.07) is 4.08. The van der Waals surface area contributed by atoms with Gasteiger partial charge in [0.15, 0.2) is 0 Å². The van der Waals surface area contributed by atoms with Crippen LogP contribution in [0.3, 0.4) is 0 Å². The van der Waals surface area contributed by atoms with E-state index in [0.717, 1.165) is 6.54 Å². The SMILES string of the molecule is C(=C1CCCCCN1)c1ccncc1. The van der Waals surface area contributed by atoms with Gasteiger partial charge in [-0.1, -0.05) is 6.42 Å². The Bertz CT molecular complexity index is 293. The van der Waals surface area contributed by atoms with Gasteiger partial charge in [0.1, 0.15) is 0 Å². The second kappa shape index (κ2) is 4.80. The number of pyridine rings is 1. The van der Waals surface area contributed by atoms with Gasteiger partial charge in [0.25, 0.3) is 0 Å². The van der Waals surface area contributed by atoms with Crippen LogP contribution >= 0.6 is 0 Å². The smallest absolute Gasteiger partial charge is 0.0273 e. The molecule has 0 atom stereocenters. The van der Waals surface area contributed by atoms with Crippen molar-refractivity contribution in [1.82, 2.24) is 10.3 Å². The van der Waals surface area contributed by atoms with E-state index in [1.165, 1.54) is 36.9 Å². The lowest BCUT2D eigenvalue weighted by Gasteiger charge is -2.05. The van der Waals surface area contributed by atoms with Gasteiger partial charge in [-0.15, -0.1) is 0 Å². The molecule has 74 valence electrons.